The maximum Gasteiger partial charge on any atom is 0.168 e. The third-order valence-electron chi connectivity index (χ3n) is 3.30. The molecule has 3 aromatic rings. The van der Waals surface area contributed by atoms with Crippen LogP contribution in [0.15, 0.2) is 59.8 Å². The van der Waals surface area contributed by atoms with Gasteiger partial charge in [-0.05, 0) is 17.7 Å². The molecule has 0 unspecified atom stereocenters. The number of benzene rings is 2. The quantitative estimate of drug-likeness (QED) is 0.746. The van der Waals surface area contributed by atoms with Gasteiger partial charge in [0.05, 0.1) is 17.1 Å². The Kier molecular flexibility index (Phi) is 3.76. The summed E-state index contributed by atoms with van der Waals surface area (Å²) in [4.78, 5) is 4.59. The maximum atomic E-state index is 10.2. The highest BCUT2D eigenvalue weighted by atomic mass is 32.2. The van der Waals surface area contributed by atoms with Crippen LogP contribution in [0.1, 0.15) is 11.7 Å². The van der Waals surface area contributed by atoms with Crippen LogP contribution in [-0.2, 0) is 7.05 Å². The third kappa shape index (κ3) is 2.57. The number of nitrogens with zero attached hydrogens (tertiary/aromatic N) is 2. The molecule has 4 heteroatoms. The summed E-state index contributed by atoms with van der Waals surface area (Å²) in [5.41, 5.74) is 3.05. The van der Waals surface area contributed by atoms with Gasteiger partial charge in [-0.3, -0.25) is 0 Å². The zero-order valence-corrected chi connectivity index (χ0v) is 12.0. The minimum Gasteiger partial charge on any atom is -0.388 e. The lowest BCUT2D eigenvalue weighted by Gasteiger charge is -2.10. The fraction of sp³-hybridized carbons (Fsp3) is 0.188. The van der Waals surface area contributed by atoms with E-state index in [4.69, 9.17) is 0 Å². The highest BCUT2D eigenvalue weighted by molar-refractivity contribution is 7.99. The van der Waals surface area contributed by atoms with E-state index in [2.05, 4.69) is 15.6 Å². The number of imidazole rings is 1. The number of thioether (sulfide) groups is 1. The minimum absolute atomic E-state index is 0.471. The van der Waals surface area contributed by atoms with Crippen molar-refractivity contribution in [1.82, 2.24) is 9.55 Å². The van der Waals surface area contributed by atoms with E-state index in [9.17, 15) is 5.11 Å². The van der Waals surface area contributed by atoms with E-state index in [0.717, 1.165) is 21.8 Å². The summed E-state index contributed by atoms with van der Waals surface area (Å²) in [6.07, 6.45) is -0.471. The Hall–Kier alpha value is -1.78. The van der Waals surface area contributed by atoms with Crippen LogP contribution < -0.4 is 0 Å². The molecule has 1 aromatic heterocycles. The van der Waals surface area contributed by atoms with Crippen LogP contribution in [0.4, 0.5) is 0 Å². The van der Waals surface area contributed by atoms with E-state index in [1.807, 2.05) is 55.6 Å². The molecule has 102 valence electrons. The molecular formula is C16H16N2OS. The number of para-hydroxylation sites is 2. The third-order valence-corrected chi connectivity index (χ3v) is 4.41. The van der Waals surface area contributed by atoms with Gasteiger partial charge in [-0.1, -0.05) is 54.2 Å². The molecule has 0 saturated carbocycles. The molecule has 2 aromatic carbocycles. The first-order valence-corrected chi connectivity index (χ1v) is 7.51. The molecule has 0 spiro atoms. The second-order valence-corrected chi connectivity index (χ2v) is 5.67. The molecule has 3 rings (SSSR count). The molecular weight excluding hydrogens is 268 g/mol. The second-order valence-electron chi connectivity index (χ2n) is 4.68. The lowest BCUT2D eigenvalue weighted by molar-refractivity contribution is 0.204. The largest absolute Gasteiger partial charge is 0.388 e. The molecule has 0 aliphatic carbocycles. The minimum atomic E-state index is -0.471. The normalized spacial score (nSPS) is 12.7. The first-order chi connectivity index (χ1) is 9.75. The summed E-state index contributed by atoms with van der Waals surface area (Å²) in [5.74, 6) is 0.598. The second kappa shape index (κ2) is 5.69. The smallest absolute Gasteiger partial charge is 0.168 e. The van der Waals surface area contributed by atoms with Crippen molar-refractivity contribution in [2.24, 2.45) is 7.05 Å². The monoisotopic (exact) mass is 284 g/mol. The summed E-state index contributed by atoms with van der Waals surface area (Å²) in [5, 5.41) is 11.1. The Bertz CT molecular complexity index is 709. The molecule has 0 amide bonds. The Morgan fingerprint density at radius 1 is 1.10 bits per heavy atom. The van der Waals surface area contributed by atoms with Gasteiger partial charge in [-0.25, -0.2) is 4.98 Å². The Morgan fingerprint density at radius 2 is 1.80 bits per heavy atom. The highest BCUT2D eigenvalue weighted by Crippen LogP contribution is 2.26. The molecule has 3 nitrogen and oxygen atoms in total. The molecule has 0 aliphatic heterocycles. The van der Waals surface area contributed by atoms with Crippen molar-refractivity contribution in [3.05, 3.63) is 60.2 Å². The van der Waals surface area contributed by atoms with Gasteiger partial charge in [0.1, 0.15) is 0 Å². The van der Waals surface area contributed by atoms with Gasteiger partial charge in [0, 0.05) is 12.8 Å². The lowest BCUT2D eigenvalue weighted by atomic mass is 10.1. The molecule has 0 saturated heterocycles. The average Bonchev–Trinajstić information content (AvgIpc) is 2.83. The van der Waals surface area contributed by atoms with Crippen molar-refractivity contribution in [3.63, 3.8) is 0 Å². The maximum absolute atomic E-state index is 10.2. The van der Waals surface area contributed by atoms with E-state index in [1.165, 1.54) is 0 Å². The topological polar surface area (TPSA) is 38.0 Å². The van der Waals surface area contributed by atoms with Gasteiger partial charge in [-0.15, -0.1) is 0 Å². The van der Waals surface area contributed by atoms with Crippen LogP contribution >= 0.6 is 11.8 Å². The molecule has 1 atom stereocenters. The van der Waals surface area contributed by atoms with Crippen LogP contribution in [0, 0.1) is 0 Å². The number of rotatable bonds is 4. The number of aryl methyl sites for hydroxylation is 1. The summed E-state index contributed by atoms with van der Waals surface area (Å²) in [7, 11) is 2.01. The zero-order valence-electron chi connectivity index (χ0n) is 11.2. The predicted molar refractivity (Wildman–Crippen MR) is 82.8 cm³/mol. The van der Waals surface area contributed by atoms with E-state index >= 15 is 0 Å². The van der Waals surface area contributed by atoms with Crippen molar-refractivity contribution in [3.8, 4) is 0 Å². The van der Waals surface area contributed by atoms with Gasteiger partial charge in [0.25, 0.3) is 0 Å². The van der Waals surface area contributed by atoms with Crippen LogP contribution in [0.5, 0.6) is 0 Å². The van der Waals surface area contributed by atoms with Crippen molar-refractivity contribution >= 4 is 22.8 Å². The number of aliphatic hydroxyl groups excluding tert-OH is 1. The number of hydrogen-bond acceptors (Lipinski definition) is 3. The van der Waals surface area contributed by atoms with Crippen LogP contribution in [0.2, 0.25) is 0 Å². The molecule has 0 bridgehead atoms. The summed E-state index contributed by atoms with van der Waals surface area (Å²) < 4.78 is 2.07. The average molecular weight is 284 g/mol. The summed E-state index contributed by atoms with van der Waals surface area (Å²) >= 11 is 1.58. The molecule has 0 radical (unpaired) electrons. The number of hydrogen-bond donors (Lipinski definition) is 1. The SMILES string of the molecule is Cn1c(SC[C@@H](O)c2ccccc2)nc2ccccc21. The van der Waals surface area contributed by atoms with Crippen molar-refractivity contribution < 1.29 is 5.11 Å². The van der Waals surface area contributed by atoms with Gasteiger partial charge in [-0.2, -0.15) is 0 Å². The van der Waals surface area contributed by atoms with E-state index < -0.39 is 6.10 Å². The standard InChI is InChI=1S/C16H16N2OS/c1-18-14-10-6-5-9-13(14)17-16(18)20-11-15(19)12-7-3-2-4-8-12/h2-10,15,19H,11H2,1H3/t15-/m1/s1. The van der Waals surface area contributed by atoms with Crippen molar-refractivity contribution in [2.45, 2.75) is 11.3 Å². The summed E-state index contributed by atoms with van der Waals surface area (Å²) in [6, 6.07) is 17.8. The van der Waals surface area contributed by atoms with E-state index in [0.29, 0.717) is 5.75 Å². The highest BCUT2D eigenvalue weighted by Gasteiger charge is 2.12. The van der Waals surface area contributed by atoms with E-state index in [-0.39, 0.29) is 0 Å². The zero-order chi connectivity index (χ0) is 13.9. The molecule has 0 fully saturated rings. The van der Waals surface area contributed by atoms with Crippen molar-refractivity contribution in [1.29, 1.82) is 0 Å². The molecule has 1 N–H and O–H groups in total. The van der Waals surface area contributed by atoms with Gasteiger partial charge >= 0.3 is 0 Å². The van der Waals surface area contributed by atoms with Crippen molar-refractivity contribution in [2.75, 3.05) is 5.75 Å². The number of aromatic nitrogens is 2. The van der Waals surface area contributed by atoms with Gasteiger partial charge in [0.2, 0.25) is 0 Å². The van der Waals surface area contributed by atoms with Crippen LogP contribution in [0.25, 0.3) is 11.0 Å². The molecule has 20 heavy (non-hydrogen) atoms. The Labute approximate surface area is 122 Å². The Balaban J connectivity index is 1.76. The fourth-order valence-corrected chi connectivity index (χ4v) is 3.13. The lowest BCUT2D eigenvalue weighted by Crippen LogP contribution is -2.01. The molecule has 0 aliphatic rings. The fourth-order valence-electron chi connectivity index (χ4n) is 2.18. The predicted octanol–water partition coefficient (Wildman–Crippen LogP) is 3.40. The summed E-state index contributed by atoms with van der Waals surface area (Å²) in [6.45, 7) is 0. The number of fused-ring (bicyclic) bond motifs is 1. The van der Waals surface area contributed by atoms with Gasteiger partial charge < -0.3 is 9.67 Å². The van der Waals surface area contributed by atoms with Crippen LogP contribution in [-0.4, -0.2) is 20.4 Å². The Morgan fingerprint density at radius 3 is 2.55 bits per heavy atom. The van der Waals surface area contributed by atoms with E-state index in [1.54, 1.807) is 11.8 Å². The molecule has 1 heterocycles. The first-order valence-electron chi connectivity index (χ1n) is 6.53. The number of aliphatic hydroxyl groups is 1. The van der Waals surface area contributed by atoms with Gasteiger partial charge in [0.15, 0.2) is 5.16 Å². The van der Waals surface area contributed by atoms with Crippen LogP contribution in [0.3, 0.4) is 0 Å². The first kappa shape index (κ1) is 13.2.